The quantitative estimate of drug-likeness (QED) is 0.635. The molecule has 1 aromatic heterocycles. The van der Waals surface area contributed by atoms with Crippen molar-refractivity contribution in [3.05, 3.63) is 18.0 Å². The molecule has 1 saturated carbocycles. The van der Waals surface area contributed by atoms with Gasteiger partial charge in [-0.3, -0.25) is 16.0 Å². The molecule has 102 valence electrons. The van der Waals surface area contributed by atoms with Crippen LogP contribution < -0.4 is 11.3 Å². The molecule has 0 radical (unpaired) electrons. The molecule has 0 aromatic carbocycles. The predicted molar refractivity (Wildman–Crippen MR) is 73.8 cm³/mol. The fourth-order valence-corrected chi connectivity index (χ4v) is 3.38. The molecule has 1 aliphatic carbocycles. The van der Waals surface area contributed by atoms with Crippen molar-refractivity contribution in [2.45, 2.75) is 52.0 Å². The zero-order chi connectivity index (χ0) is 13.2. The second-order valence-electron chi connectivity index (χ2n) is 6.30. The van der Waals surface area contributed by atoms with Crippen LogP contribution in [0.15, 0.2) is 12.3 Å². The molecule has 2 rings (SSSR count). The van der Waals surface area contributed by atoms with Gasteiger partial charge in [0, 0.05) is 25.7 Å². The molecular weight excluding hydrogens is 224 g/mol. The highest BCUT2D eigenvalue weighted by Gasteiger charge is 2.37. The first-order chi connectivity index (χ1) is 8.53. The summed E-state index contributed by atoms with van der Waals surface area (Å²) in [7, 11) is 1.96. The number of nitrogens with two attached hydrogens (primary N) is 1. The highest BCUT2D eigenvalue weighted by molar-refractivity contribution is 5.03. The van der Waals surface area contributed by atoms with Gasteiger partial charge in [0.2, 0.25) is 0 Å². The van der Waals surface area contributed by atoms with E-state index in [9.17, 15) is 0 Å². The lowest BCUT2D eigenvalue weighted by Crippen LogP contribution is -2.48. The summed E-state index contributed by atoms with van der Waals surface area (Å²) in [5.74, 6) is 6.43. The number of hydrazine groups is 1. The monoisotopic (exact) mass is 250 g/mol. The van der Waals surface area contributed by atoms with Crippen LogP contribution in [-0.4, -0.2) is 15.8 Å². The zero-order valence-electron chi connectivity index (χ0n) is 11.8. The van der Waals surface area contributed by atoms with Crippen LogP contribution in [0.1, 0.15) is 45.2 Å². The van der Waals surface area contributed by atoms with Crippen molar-refractivity contribution in [3.8, 4) is 0 Å². The van der Waals surface area contributed by atoms with Crippen molar-refractivity contribution in [1.82, 2.24) is 15.2 Å². The Bertz CT molecular complexity index is 383. The molecule has 0 bridgehead atoms. The summed E-state index contributed by atoms with van der Waals surface area (Å²) in [5.41, 5.74) is 4.54. The Balaban J connectivity index is 2.07. The molecule has 1 aliphatic rings. The summed E-state index contributed by atoms with van der Waals surface area (Å²) in [6, 6.07) is 2.41. The van der Waals surface area contributed by atoms with E-state index in [0.717, 1.165) is 12.1 Å². The summed E-state index contributed by atoms with van der Waals surface area (Å²) in [5, 5.41) is 4.46. The van der Waals surface area contributed by atoms with E-state index in [2.05, 4.69) is 30.4 Å². The maximum absolute atomic E-state index is 5.79. The lowest BCUT2D eigenvalue weighted by molar-refractivity contribution is 0.0977. The molecule has 1 heterocycles. The van der Waals surface area contributed by atoms with Crippen molar-refractivity contribution < 1.29 is 0 Å². The van der Waals surface area contributed by atoms with Gasteiger partial charge in [-0.1, -0.05) is 26.7 Å². The summed E-state index contributed by atoms with van der Waals surface area (Å²) in [6.07, 6.45) is 8.17. The number of aromatic nitrogens is 2. The van der Waals surface area contributed by atoms with Crippen LogP contribution in [0.2, 0.25) is 0 Å². The van der Waals surface area contributed by atoms with Crippen LogP contribution in [0.25, 0.3) is 0 Å². The number of hydrogen-bond acceptors (Lipinski definition) is 3. The minimum Gasteiger partial charge on any atom is -0.276 e. The first kappa shape index (κ1) is 13.6. The SMILES string of the molecule is Cn1ccc(CC(NN)C2CCCCC2(C)C)n1. The summed E-state index contributed by atoms with van der Waals surface area (Å²) in [4.78, 5) is 0. The molecule has 4 nitrogen and oxygen atoms in total. The Morgan fingerprint density at radius 1 is 1.56 bits per heavy atom. The molecule has 3 N–H and O–H groups in total. The largest absolute Gasteiger partial charge is 0.276 e. The van der Waals surface area contributed by atoms with Crippen LogP contribution in [-0.2, 0) is 13.5 Å². The van der Waals surface area contributed by atoms with E-state index in [4.69, 9.17) is 5.84 Å². The van der Waals surface area contributed by atoms with E-state index in [1.54, 1.807) is 0 Å². The molecular formula is C14H26N4. The van der Waals surface area contributed by atoms with Gasteiger partial charge in [-0.2, -0.15) is 5.10 Å². The lowest BCUT2D eigenvalue weighted by atomic mass is 9.65. The molecule has 2 atom stereocenters. The minimum atomic E-state index is 0.329. The number of nitrogens with zero attached hydrogens (tertiary/aromatic N) is 2. The van der Waals surface area contributed by atoms with Gasteiger partial charge in [-0.25, -0.2) is 0 Å². The first-order valence-electron chi connectivity index (χ1n) is 6.97. The molecule has 2 unspecified atom stereocenters. The fourth-order valence-electron chi connectivity index (χ4n) is 3.38. The molecule has 1 aromatic rings. The van der Waals surface area contributed by atoms with Gasteiger partial charge in [-0.15, -0.1) is 0 Å². The van der Waals surface area contributed by atoms with Gasteiger partial charge in [-0.05, 0) is 30.2 Å². The Hall–Kier alpha value is -0.870. The van der Waals surface area contributed by atoms with Crippen molar-refractivity contribution in [3.63, 3.8) is 0 Å². The van der Waals surface area contributed by atoms with Crippen LogP contribution in [0.5, 0.6) is 0 Å². The minimum absolute atomic E-state index is 0.329. The Kier molecular flexibility index (Phi) is 4.07. The highest BCUT2D eigenvalue weighted by Crippen LogP contribution is 2.42. The molecule has 0 saturated heterocycles. The summed E-state index contributed by atoms with van der Waals surface area (Å²) in [6.45, 7) is 4.75. The molecule has 0 spiro atoms. The van der Waals surface area contributed by atoms with E-state index in [0.29, 0.717) is 17.4 Å². The normalized spacial score (nSPS) is 25.0. The van der Waals surface area contributed by atoms with Crippen molar-refractivity contribution in [1.29, 1.82) is 0 Å². The first-order valence-corrected chi connectivity index (χ1v) is 6.97. The van der Waals surface area contributed by atoms with Crippen LogP contribution in [0.3, 0.4) is 0 Å². The fraction of sp³-hybridized carbons (Fsp3) is 0.786. The number of aryl methyl sites for hydroxylation is 1. The van der Waals surface area contributed by atoms with Gasteiger partial charge in [0.1, 0.15) is 0 Å². The molecule has 0 aliphatic heterocycles. The highest BCUT2D eigenvalue weighted by atomic mass is 15.3. The van der Waals surface area contributed by atoms with Crippen molar-refractivity contribution >= 4 is 0 Å². The molecule has 4 heteroatoms. The summed E-state index contributed by atoms with van der Waals surface area (Å²) >= 11 is 0. The van der Waals surface area contributed by atoms with Crippen molar-refractivity contribution in [2.75, 3.05) is 0 Å². The zero-order valence-corrected chi connectivity index (χ0v) is 11.8. The third-order valence-corrected chi connectivity index (χ3v) is 4.49. The molecule has 1 fully saturated rings. The number of nitrogens with one attached hydrogen (secondary N) is 1. The maximum atomic E-state index is 5.79. The van der Waals surface area contributed by atoms with Gasteiger partial charge in [0.25, 0.3) is 0 Å². The third-order valence-electron chi connectivity index (χ3n) is 4.49. The number of rotatable bonds is 4. The smallest absolute Gasteiger partial charge is 0.0640 e. The average Bonchev–Trinajstić information content (AvgIpc) is 2.72. The second-order valence-corrected chi connectivity index (χ2v) is 6.30. The Morgan fingerprint density at radius 3 is 2.89 bits per heavy atom. The lowest BCUT2D eigenvalue weighted by Gasteiger charge is -2.43. The van der Waals surface area contributed by atoms with Crippen LogP contribution >= 0.6 is 0 Å². The van der Waals surface area contributed by atoms with E-state index in [1.807, 2.05) is 17.9 Å². The Morgan fingerprint density at radius 2 is 2.33 bits per heavy atom. The molecule has 0 amide bonds. The van der Waals surface area contributed by atoms with E-state index >= 15 is 0 Å². The predicted octanol–water partition coefficient (Wildman–Crippen LogP) is 2.01. The van der Waals surface area contributed by atoms with Gasteiger partial charge >= 0.3 is 0 Å². The van der Waals surface area contributed by atoms with Gasteiger partial charge < -0.3 is 0 Å². The van der Waals surface area contributed by atoms with E-state index in [-0.39, 0.29) is 0 Å². The van der Waals surface area contributed by atoms with Crippen LogP contribution in [0, 0.1) is 11.3 Å². The van der Waals surface area contributed by atoms with E-state index in [1.165, 1.54) is 25.7 Å². The second kappa shape index (κ2) is 5.41. The van der Waals surface area contributed by atoms with Gasteiger partial charge in [0.15, 0.2) is 0 Å². The number of hydrogen-bond donors (Lipinski definition) is 2. The maximum Gasteiger partial charge on any atom is 0.0640 e. The van der Waals surface area contributed by atoms with Gasteiger partial charge in [0.05, 0.1) is 5.69 Å². The third kappa shape index (κ3) is 2.93. The standard InChI is InChI=1S/C14H26N4/c1-14(2)8-5-4-6-12(14)13(16-15)10-11-7-9-18(3)17-11/h7,9,12-13,16H,4-6,8,10,15H2,1-3H3. The van der Waals surface area contributed by atoms with E-state index < -0.39 is 0 Å². The molecule has 18 heavy (non-hydrogen) atoms. The average molecular weight is 250 g/mol. The van der Waals surface area contributed by atoms with Crippen molar-refractivity contribution in [2.24, 2.45) is 24.2 Å². The topological polar surface area (TPSA) is 55.9 Å². The van der Waals surface area contributed by atoms with Crippen LogP contribution in [0.4, 0.5) is 0 Å². The Labute approximate surface area is 110 Å². The summed E-state index contributed by atoms with van der Waals surface area (Å²) < 4.78 is 1.86.